The van der Waals surface area contributed by atoms with Crippen LogP contribution in [0.25, 0.3) is 0 Å². The monoisotopic (exact) mass is 144 g/mol. The van der Waals surface area contributed by atoms with E-state index in [0.717, 1.165) is 0 Å². The number of hydrogen-bond donors (Lipinski definition) is 1. The number of aliphatic hydroxyl groups is 1. The lowest BCUT2D eigenvalue weighted by Crippen LogP contribution is -2.20. The Labute approximate surface area is 64.5 Å². The van der Waals surface area contributed by atoms with Crippen LogP contribution in [-0.2, 0) is 0 Å². The minimum absolute atomic E-state index is 0.340. The average Bonchev–Trinajstić information content (AvgIpc) is 1.88. The van der Waals surface area contributed by atoms with Gasteiger partial charge in [-0.15, -0.1) is 0 Å². The van der Waals surface area contributed by atoms with Crippen molar-refractivity contribution in [2.24, 2.45) is 17.8 Å². The predicted molar refractivity (Wildman–Crippen MR) is 44.9 cm³/mol. The molecule has 0 spiro atoms. The first-order chi connectivity index (χ1) is 4.63. The second-order valence-corrected chi connectivity index (χ2v) is 3.48. The highest BCUT2D eigenvalue weighted by Gasteiger charge is 2.17. The zero-order valence-electron chi connectivity index (χ0n) is 7.59. The van der Waals surface area contributed by atoms with Crippen LogP contribution >= 0.6 is 0 Å². The largest absolute Gasteiger partial charge is 0.396 e. The smallest absolute Gasteiger partial charge is 0.0464 e. The van der Waals surface area contributed by atoms with Crippen molar-refractivity contribution < 1.29 is 5.11 Å². The summed E-state index contributed by atoms with van der Waals surface area (Å²) >= 11 is 0. The van der Waals surface area contributed by atoms with Gasteiger partial charge in [-0.05, 0) is 17.8 Å². The highest BCUT2D eigenvalue weighted by atomic mass is 16.3. The average molecular weight is 144 g/mol. The minimum Gasteiger partial charge on any atom is -0.396 e. The molecule has 0 aromatic carbocycles. The zero-order valence-corrected chi connectivity index (χ0v) is 7.59. The van der Waals surface area contributed by atoms with Crippen LogP contribution in [-0.4, -0.2) is 11.7 Å². The molecule has 0 aliphatic carbocycles. The third-order valence-electron chi connectivity index (χ3n) is 2.44. The van der Waals surface area contributed by atoms with Gasteiger partial charge in [-0.1, -0.05) is 34.1 Å². The quantitative estimate of drug-likeness (QED) is 0.642. The first-order valence-corrected chi connectivity index (χ1v) is 4.24. The van der Waals surface area contributed by atoms with Crippen molar-refractivity contribution in [2.75, 3.05) is 6.61 Å². The summed E-state index contributed by atoms with van der Waals surface area (Å²) in [6.07, 6.45) is 1.17. The van der Waals surface area contributed by atoms with Crippen LogP contribution in [0.1, 0.15) is 34.1 Å². The third-order valence-corrected chi connectivity index (χ3v) is 2.44. The molecule has 0 aromatic heterocycles. The Morgan fingerprint density at radius 1 is 1.20 bits per heavy atom. The molecular formula is C9H20O. The predicted octanol–water partition coefficient (Wildman–Crippen LogP) is 2.30. The minimum atomic E-state index is 0.340. The van der Waals surface area contributed by atoms with Crippen LogP contribution in [0.5, 0.6) is 0 Å². The molecule has 2 atom stereocenters. The summed E-state index contributed by atoms with van der Waals surface area (Å²) < 4.78 is 0. The SMILES string of the molecule is CCC(C)[C@H](CO)C(C)C. The van der Waals surface area contributed by atoms with Gasteiger partial charge in [0.25, 0.3) is 0 Å². The summed E-state index contributed by atoms with van der Waals surface area (Å²) in [5, 5.41) is 9.00. The van der Waals surface area contributed by atoms with Gasteiger partial charge in [0.15, 0.2) is 0 Å². The van der Waals surface area contributed by atoms with Crippen LogP contribution in [0.4, 0.5) is 0 Å². The Hall–Kier alpha value is -0.0400. The molecular weight excluding hydrogens is 124 g/mol. The molecule has 1 unspecified atom stereocenters. The van der Waals surface area contributed by atoms with Gasteiger partial charge in [-0.25, -0.2) is 0 Å². The Balaban J connectivity index is 3.80. The number of aliphatic hydroxyl groups excluding tert-OH is 1. The lowest BCUT2D eigenvalue weighted by atomic mass is 9.84. The van der Waals surface area contributed by atoms with E-state index in [1.165, 1.54) is 6.42 Å². The Bertz CT molecular complexity index is 78.8. The van der Waals surface area contributed by atoms with E-state index in [1.807, 2.05) is 0 Å². The lowest BCUT2D eigenvalue weighted by molar-refractivity contribution is 0.140. The van der Waals surface area contributed by atoms with Gasteiger partial charge >= 0.3 is 0 Å². The highest BCUT2D eigenvalue weighted by Crippen LogP contribution is 2.22. The van der Waals surface area contributed by atoms with Gasteiger partial charge in [0.1, 0.15) is 0 Å². The molecule has 0 bridgehead atoms. The zero-order chi connectivity index (χ0) is 8.15. The van der Waals surface area contributed by atoms with E-state index >= 15 is 0 Å². The molecule has 1 heteroatoms. The van der Waals surface area contributed by atoms with Crippen molar-refractivity contribution in [3.05, 3.63) is 0 Å². The molecule has 0 rings (SSSR count). The Morgan fingerprint density at radius 3 is 1.80 bits per heavy atom. The van der Waals surface area contributed by atoms with Crippen LogP contribution in [0.2, 0.25) is 0 Å². The summed E-state index contributed by atoms with van der Waals surface area (Å²) in [6.45, 7) is 9.07. The lowest BCUT2D eigenvalue weighted by Gasteiger charge is -2.24. The fraction of sp³-hybridized carbons (Fsp3) is 1.00. The van der Waals surface area contributed by atoms with E-state index in [0.29, 0.717) is 24.4 Å². The van der Waals surface area contributed by atoms with Crippen LogP contribution in [0.15, 0.2) is 0 Å². The van der Waals surface area contributed by atoms with Gasteiger partial charge in [-0.3, -0.25) is 0 Å². The molecule has 0 fully saturated rings. The van der Waals surface area contributed by atoms with Crippen LogP contribution in [0.3, 0.4) is 0 Å². The Kier molecular flexibility index (Phi) is 4.71. The van der Waals surface area contributed by atoms with Gasteiger partial charge in [0.05, 0.1) is 0 Å². The molecule has 0 aliphatic rings. The fourth-order valence-electron chi connectivity index (χ4n) is 1.35. The maximum absolute atomic E-state index is 9.00. The summed E-state index contributed by atoms with van der Waals surface area (Å²) in [4.78, 5) is 0. The van der Waals surface area contributed by atoms with Gasteiger partial charge in [0.2, 0.25) is 0 Å². The molecule has 1 nitrogen and oxygen atoms in total. The number of hydrogen-bond acceptors (Lipinski definition) is 1. The van der Waals surface area contributed by atoms with E-state index in [1.54, 1.807) is 0 Å². The molecule has 0 amide bonds. The summed E-state index contributed by atoms with van der Waals surface area (Å²) in [6, 6.07) is 0. The van der Waals surface area contributed by atoms with Crippen molar-refractivity contribution in [2.45, 2.75) is 34.1 Å². The first kappa shape index (κ1) is 9.96. The second-order valence-electron chi connectivity index (χ2n) is 3.48. The summed E-state index contributed by atoms with van der Waals surface area (Å²) in [5.41, 5.74) is 0. The molecule has 0 radical (unpaired) electrons. The highest BCUT2D eigenvalue weighted by molar-refractivity contribution is 4.67. The summed E-state index contributed by atoms with van der Waals surface area (Å²) in [5.74, 6) is 1.76. The van der Waals surface area contributed by atoms with Gasteiger partial charge in [-0.2, -0.15) is 0 Å². The van der Waals surface area contributed by atoms with E-state index in [9.17, 15) is 0 Å². The third kappa shape index (κ3) is 2.70. The van der Waals surface area contributed by atoms with Crippen molar-refractivity contribution in [3.63, 3.8) is 0 Å². The van der Waals surface area contributed by atoms with E-state index in [4.69, 9.17) is 5.11 Å². The molecule has 0 saturated carbocycles. The maximum Gasteiger partial charge on any atom is 0.0464 e. The van der Waals surface area contributed by atoms with Gasteiger partial charge < -0.3 is 5.11 Å². The van der Waals surface area contributed by atoms with Crippen molar-refractivity contribution in [1.82, 2.24) is 0 Å². The van der Waals surface area contributed by atoms with Crippen molar-refractivity contribution in [1.29, 1.82) is 0 Å². The van der Waals surface area contributed by atoms with E-state index in [-0.39, 0.29) is 0 Å². The van der Waals surface area contributed by atoms with Crippen LogP contribution < -0.4 is 0 Å². The molecule has 1 N–H and O–H groups in total. The van der Waals surface area contributed by atoms with Crippen LogP contribution in [0, 0.1) is 17.8 Å². The standard InChI is InChI=1S/C9H20O/c1-5-8(4)9(6-10)7(2)3/h7-10H,5-6H2,1-4H3/t8?,9-/m1/s1. The fourth-order valence-corrected chi connectivity index (χ4v) is 1.35. The van der Waals surface area contributed by atoms with Gasteiger partial charge in [0, 0.05) is 6.61 Å². The molecule has 0 saturated heterocycles. The first-order valence-electron chi connectivity index (χ1n) is 4.24. The molecule has 62 valence electrons. The Morgan fingerprint density at radius 2 is 1.70 bits per heavy atom. The summed E-state index contributed by atoms with van der Waals surface area (Å²) in [7, 11) is 0. The molecule has 0 heterocycles. The van der Waals surface area contributed by atoms with E-state index in [2.05, 4.69) is 27.7 Å². The number of rotatable bonds is 4. The van der Waals surface area contributed by atoms with Crippen molar-refractivity contribution >= 4 is 0 Å². The van der Waals surface area contributed by atoms with E-state index < -0.39 is 0 Å². The molecule has 0 aliphatic heterocycles. The topological polar surface area (TPSA) is 20.2 Å². The van der Waals surface area contributed by atoms with Crippen molar-refractivity contribution in [3.8, 4) is 0 Å². The molecule has 10 heavy (non-hydrogen) atoms. The maximum atomic E-state index is 9.00. The molecule has 0 aromatic rings. The normalized spacial score (nSPS) is 17.4. The second kappa shape index (κ2) is 4.73.